The molecular formula is C17H20O2. The average molecular weight is 256 g/mol. The highest BCUT2D eigenvalue weighted by atomic mass is 16.6. The van der Waals surface area contributed by atoms with E-state index in [1.54, 1.807) is 6.92 Å². The summed E-state index contributed by atoms with van der Waals surface area (Å²) in [5.41, 5.74) is 2.65. The number of hydrogen-bond donors (Lipinski definition) is 0. The van der Waals surface area contributed by atoms with Crippen molar-refractivity contribution in [3.8, 4) is 0 Å². The molecule has 0 aliphatic heterocycles. The second-order valence-electron chi connectivity index (χ2n) is 6.14. The molecule has 0 bridgehead atoms. The first kappa shape index (κ1) is 12.5. The van der Waals surface area contributed by atoms with Crippen molar-refractivity contribution in [2.24, 2.45) is 5.41 Å². The maximum absolute atomic E-state index is 12.0. The summed E-state index contributed by atoms with van der Waals surface area (Å²) in [6, 6.07) is 8.36. The van der Waals surface area contributed by atoms with E-state index in [0.29, 0.717) is 5.57 Å². The summed E-state index contributed by atoms with van der Waals surface area (Å²) in [5, 5.41) is 0. The van der Waals surface area contributed by atoms with Gasteiger partial charge >= 0.3 is 5.97 Å². The van der Waals surface area contributed by atoms with Gasteiger partial charge in [0.2, 0.25) is 0 Å². The molecule has 0 aromatic heterocycles. The third kappa shape index (κ3) is 1.73. The van der Waals surface area contributed by atoms with Gasteiger partial charge in [0.05, 0.1) is 0 Å². The maximum atomic E-state index is 12.0. The Kier molecular flexibility index (Phi) is 2.60. The molecule has 2 aliphatic rings. The zero-order valence-corrected chi connectivity index (χ0v) is 11.7. The first-order valence-electron chi connectivity index (χ1n) is 6.96. The highest BCUT2D eigenvalue weighted by Crippen LogP contribution is 2.65. The van der Waals surface area contributed by atoms with Crippen LogP contribution in [-0.2, 0) is 21.6 Å². The van der Waals surface area contributed by atoms with Crippen LogP contribution in [0.15, 0.2) is 36.4 Å². The minimum atomic E-state index is -0.488. The third-order valence-electron chi connectivity index (χ3n) is 4.92. The molecule has 1 unspecified atom stereocenters. The van der Waals surface area contributed by atoms with E-state index in [4.69, 9.17) is 4.74 Å². The van der Waals surface area contributed by atoms with Gasteiger partial charge in [0, 0.05) is 11.0 Å². The van der Waals surface area contributed by atoms with Gasteiger partial charge in [0.25, 0.3) is 0 Å². The fraction of sp³-hybridized carbons (Fsp3) is 0.471. The number of hydrogen-bond acceptors (Lipinski definition) is 2. The summed E-state index contributed by atoms with van der Waals surface area (Å²) in [5.74, 6) is -0.273. The summed E-state index contributed by atoms with van der Waals surface area (Å²) in [4.78, 5) is 12.0. The minimum absolute atomic E-state index is 0.159. The fourth-order valence-electron chi connectivity index (χ4n) is 3.42. The second-order valence-corrected chi connectivity index (χ2v) is 6.14. The zero-order chi connectivity index (χ0) is 13.7. The van der Waals surface area contributed by atoms with Crippen LogP contribution in [0, 0.1) is 5.41 Å². The quantitative estimate of drug-likeness (QED) is 0.595. The molecule has 2 heteroatoms. The summed E-state index contributed by atoms with van der Waals surface area (Å²) in [6.07, 6.45) is 4.52. The Morgan fingerprint density at radius 3 is 2.58 bits per heavy atom. The summed E-state index contributed by atoms with van der Waals surface area (Å²) >= 11 is 0. The second kappa shape index (κ2) is 3.96. The molecule has 2 aliphatic carbocycles. The molecule has 1 atom stereocenters. The molecule has 0 heterocycles. The molecule has 1 fully saturated rings. The van der Waals surface area contributed by atoms with Gasteiger partial charge in [-0.3, -0.25) is 0 Å². The Bertz CT molecular complexity index is 554. The average Bonchev–Trinajstić information content (AvgIpc) is 3.16. The van der Waals surface area contributed by atoms with E-state index in [-0.39, 0.29) is 11.4 Å². The van der Waals surface area contributed by atoms with Crippen LogP contribution in [0.5, 0.6) is 0 Å². The van der Waals surface area contributed by atoms with Crippen LogP contribution < -0.4 is 0 Å². The molecule has 1 spiro atoms. The Morgan fingerprint density at radius 1 is 1.26 bits per heavy atom. The number of fused-ring (bicyclic) bond motifs is 1. The predicted molar refractivity (Wildman–Crippen MR) is 74.7 cm³/mol. The van der Waals surface area contributed by atoms with Gasteiger partial charge in [-0.15, -0.1) is 0 Å². The van der Waals surface area contributed by atoms with Crippen LogP contribution in [0.3, 0.4) is 0 Å². The van der Waals surface area contributed by atoms with Crippen molar-refractivity contribution in [3.63, 3.8) is 0 Å². The molecular weight excluding hydrogens is 236 g/mol. The Labute approximate surface area is 114 Å². The van der Waals surface area contributed by atoms with Crippen LogP contribution in [-0.4, -0.2) is 5.97 Å². The lowest BCUT2D eigenvalue weighted by Gasteiger charge is -2.43. The summed E-state index contributed by atoms with van der Waals surface area (Å²) < 4.78 is 5.91. The standard InChI is InChI=1S/C17H20O2/c1-12(2)15(18)19-16(3)14-7-5-4-6-13(14)8-9-17(16)10-11-17/h4-7H,1,8-11H2,2-3H3. The van der Waals surface area contributed by atoms with E-state index in [0.717, 1.165) is 25.7 Å². The largest absolute Gasteiger partial charge is 0.451 e. The van der Waals surface area contributed by atoms with E-state index >= 15 is 0 Å². The lowest BCUT2D eigenvalue weighted by Crippen LogP contribution is -2.42. The van der Waals surface area contributed by atoms with Crippen molar-refractivity contribution in [1.29, 1.82) is 0 Å². The molecule has 0 saturated heterocycles. The van der Waals surface area contributed by atoms with Crippen molar-refractivity contribution in [3.05, 3.63) is 47.5 Å². The molecule has 0 N–H and O–H groups in total. The fourth-order valence-corrected chi connectivity index (χ4v) is 3.42. The highest BCUT2D eigenvalue weighted by molar-refractivity contribution is 5.87. The van der Waals surface area contributed by atoms with Crippen molar-refractivity contribution in [1.82, 2.24) is 0 Å². The van der Waals surface area contributed by atoms with Crippen molar-refractivity contribution >= 4 is 5.97 Å². The van der Waals surface area contributed by atoms with Crippen LogP contribution in [0.1, 0.15) is 44.2 Å². The van der Waals surface area contributed by atoms with Crippen molar-refractivity contribution in [2.45, 2.75) is 45.1 Å². The molecule has 0 amide bonds. The smallest absolute Gasteiger partial charge is 0.334 e. The van der Waals surface area contributed by atoms with Crippen LogP contribution >= 0.6 is 0 Å². The molecule has 1 aromatic rings. The van der Waals surface area contributed by atoms with Crippen LogP contribution in [0.25, 0.3) is 0 Å². The number of carbonyl (C=O) groups is 1. The molecule has 19 heavy (non-hydrogen) atoms. The van der Waals surface area contributed by atoms with E-state index in [2.05, 4.69) is 31.7 Å². The molecule has 1 saturated carbocycles. The lowest BCUT2D eigenvalue weighted by molar-refractivity contribution is -0.164. The molecule has 3 rings (SSSR count). The van der Waals surface area contributed by atoms with Gasteiger partial charge in [-0.1, -0.05) is 30.8 Å². The normalized spacial score (nSPS) is 26.6. The van der Waals surface area contributed by atoms with Crippen LogP contribution in [0.2, 0.25) is 0 Å². The molecule has 2 nitrogen and oxygen atoms in total. The minimum Gasteiger partial charge on any atom is -0.451 e. The number of benzene rings is 1. The lowest BCUT2D eigenvalue weighted by atomic mass is 9.70. The third-order valence-corrected chi connectivity index (χ3v) is 4.92. The number of rotatable bonds is 2. The summed E-state index contributed by atoms with van der Waals surface area (Å²) in [6.45, 7) is 7.49. The summed E-state index contributed by atoms with van der Waals surface area (Å²) in [7, 11) is 0. The van der Waals surface area contributed by atoms with Gasteiger partial charge in [-0.25, -0.2) is 4.79 Å². The van der Waals surface area contributed by atoms with Gasteiger partial charge in [0.1, 0.15) is 5.60 Å². The molecule has 100 valence electrons. The van der Waals surface area contributed by atoms with Gasteiger partial charge in [-0.2, -0.15) is 0 Å². The number of aryl methyl sites for hydroxylation is 1. The van der Waals surface area contributed by atoms with E-state index < -0.39 is 5.60 Å². The maximum Gasteiger partial charge on any atom is 0.334 e. The zero-order valence-electron chi connectivity index (χ0n) is 11.7. The van der Waals surface area contributed by atoms with Gasteiger partial charge in [-0.05, 0) is 50.7 Å². The van der Waals surface area contributed by atoms with Gasteiger partial charge in [0.15, 0.2) is 0 Å². The number of carbonyl (C=O) groups excluding carboxylic acids is 1. The number of esters is 1. The highest BCUT2D eigenvalue weighted by Gasteiger charge is 2.61. The Hall–Kier alpha value is -1.57. The van der Waals surface area contributed by atoms with E-state index in [9.17, 15) is 4.79 Å². The Morgan fingerprint density at radius 2 is 1.95 bits per heavy atom. The molecule has 0 radical (unpaired) electrons. The molecule has 1 aromatic carbocycles. The van der Waals surface area contributed by atoms with Crippen molar-refractivity contribution < 1.29 is 9.53 Å². The predicted octanol–water partition coefficient (Wildman–Crippen LogP) is 3.75. The number of ether oxygens (including phenoxy) is 1. The van der Waals surface area contributed by atoms with Crippen LogP contribution in [0.4, 0.5) is 0 Å². The SMILES string of the molecule is C=C(C)C(=O)OC1(C)c2ccccc2CCC12CC2. The van der Waals surface area contributed by atoms with E-state index in [1.165, 1.54) is 11.1 Å². The first-order chi connectivity index (χ1) is 8.98. The van der Waals surface area contributed by atoms with E-state index in [1.807, 2.05) is 6.07 Å². The topological polar surface area (TPSA) is 26.3 Å². The van der Waals surface area contributed by atoms with Crippen molar-refractivity contribution in [2.75, 3.05) is 0 Å². The Balaban J connectivity index is 2.05. The van der Waals surface area contributed by atoms with Gasteiger partial charge < -0.3 is 4.74 Å². The monoisotopic (exact) mass is 256 g/mol. The first-order valence-corrected chi connectivity index (χ1v) is 6.96.